The Morgan fingerprint density at radius 2 is 1.42 bits per heavy atom. The van der Waals surface area contributed by atoms with Crippen LogP contribution in [0.4, 0.5) is 27.6 Å². The topological polar surface area (TPSA) is 62.0 Å². The molecule has 0 unspecified atom stereocenters. The fraction of sp³-hybridized carbons (Fsp3) is 0. The molecule has 3 rings (SSSR count). The molecule has 0 saturated heterocycles. The van der Waals surface area contributed by atoms with Gasteiger partial charge < -0.3 is 4.98 Å². The van der Waals surface area contributed by atoms with E-state index in [0.29, 0.717) is 6.07 Å². The third-order valence-corrected chi connectivity index (χ3v) is 4.80. The van der Waals surface area contributed by atoms with Crippen molar-refractivity contribution < 1.29 is 30.4 Å². The van der Waals surface area contributed by atoms with E-state index < -0.39 is 55.3 Å². The monoisotopic (exact) mass is 388 g/mol. The van der Waals surface area contributed by atoms with Crippen molar-refractivity contribution in [2.45, 2.75) is 4.90 Å². The zero-order valence-electron chi connectivity index (χ0n) is 12.7. The van der Waals surface area contributed by atoms with Crippen molar-refractivity contribution in [3.8, 4) is 11.3 Å². The fourth-order valence-corrected chi connectivity index (χ4v) is 3.28. The van der Waals surface area contributed by atoms with Crippen molar-refractivity contribution in [3.63, 3.8) is 0 Å². The minimum absolute atomic E-state index is 0.174. The molecule has 0 aliphatic carbocycles. The number of benzene rings is 2. The number of hydrogen-bond donors (Lipinski definition) is 2. The van der Waals surface area contributed by atoms with Crippen LogP contribution in [0, 0.1) is 29.1 Å². The Morgan fingerprint density at radius 3 is 2.08 bits per heavy atom. The second kappa shape index (κ2) is 6.45. The first-order chi connectivity index (χ1) is 12.2. The standard InChI is InChI=1S/C16H9F5N2O2S/c17-9-2-1-3-10(18)16(9)15-4-8(7-22-15)26(24,25)23-14-6-12(20)11(19)5-13(14)21/h1-7,22-23H. The lowest BCUT2D eigenvalue weighted by Gasteiger charge is -2.08. The minimum atomic E-state index is -4.43. The van der Waals surface area contributed by atoms with Crippen LogP contribution in [0.1, 0.15) is 0 Å². The summed E-state index contributed by atoms with van der Waals surface area (Å²) in [5, 5.41) is 0. The first-order valence-corrected chi connectivity index (χ1v) is 8.47. The molecule has 0 spiro atoms. The molecule has 0 radical (unpaired) electrons. The zero-order valence-corrected chi connectivity index (χ0v) is 13.5. The van der Waals surface area contributed by atoms with Crippen LogP contribution in [-0.4, -0.2) is 13.4 Å². The number of nitrogens with one attached hydrogen (secondary N) is 2. The van der Waals surface area contributed by atoms with E-state index in [1.807, 2.05) is 0 Å². The van der Waals surface area contributed by atoms with E-state index >= 15 is 0 Å². The lowest BCUT2D eigenvalue weighted by Crippen LogP contribution is -2.13. The second-order valence-corrected chi connectivity index (χ2v) is 6.88. The van der Waals surface area contributed by atoms with Gasteiger partial charge in [0.15, 0.2) is 11.6 Å². The smallest absolute Gasteiger partial charge is 0.263 e. The number of aromatic nitrogens is 1. The van der Waals surface area contributed by atoms with Gasteiger partial charge in [0, 0.05) is 18.3 Å². The molecule has 4 nitrogen and oxygen atoms in total. The molecule has 0 fully saturated rings. The summed E-state index contributed by atoms with van der Waals surface area (Å²) in [7, 11) is -4.43. The van der Waals surface area contributed by atoms with Gasteiger partial charge in [-0.3, -0.25) is 4.72 Å². The number of hydrogen-bond acceptors (Lipinski definition) is 2. The van der Waals surface area contributed by atoms with Gasteiger partial charge in [-0.25, -0.2) is 30.4 Å². The van der Waals surface area contributed by atoms with Crippen molar-refractivity contribution >= 4 is 15.7 Å². The van der Waals surface area contributed by atoms with E-state index in [9.17, 15) is 30.4 Å². The maximum absolute atomic E-state index is 13.8. The molecule has 0 saturated carbocycles. The van der Waals surface area contributed by atoms with Crippen LogP contribution in [0.3, 0.4) is 0 Å². The molecule has 136 valence electrons. The summed E-state index contributed by atoms with van der Waals surface area (Å²) in [4.78, 5) is 1.92. The van der Waals surface area contributed by atoms with Gasteiger partial charge in [-0.15, -0.1) is 0 Å². The summed E-state index contributed by atoms with van der Waals surface area (Å²) < 4.78 is 93.5. The predicted molar refractivity (Wildman–Crippen MR) is 83.3 cm³/mol. The molecule has 1 heterocycles. The van der Waals surface area contributed by atoms with Crippen LogP contribution in [-0.2, 0) is 10.0 Å². The Bertz CT molecular complexity index is 1080. The van der Waals surface area contributed by atoms with Crippen LogP contribution in [0.5, 0.6) is 0 Å². The average Bonchev–Trinajstić information content (AvgIpc) is 3.03. The lowest BCUT2D eigenvalue weighted by atomic mass is 10.1. The fourth-order valence-electron chi connectivity index (χ4n) is 2.23. The second-order valence-electron chi connectivity index (χ2n) is 5.20. The molecule has 10 heteroatoms. The highest BCUT2D eigenvalue weighted by atomic mass is 32.2. The van der Waals surface area contributed by atoms with E-state index in [-0.39, 0.29) is 11.8 Å². The molecule has 0 amide bonds. The maximum atomic E-state index is 13.8. The molecule has 1 aromatic heterocycles. The van der Waals surface area contributed by atoms with Crippen molar-refractivity contribution in [3.05, 3.63) is 71.7 Å². The highest BCUT2D eigenvalue weighted by Gasteiger charge is 2.22. The van der Waals surface area contributed by atoms with Gasteiger partial charge in [-0.1, -0.05) is 6.07 Å². The Hall–Kier alpha value is -2.88. The zero-order chi connectivity index (χ0) is 19.1. The molecule has 0 aliphatic rings. The summed E-state index contributed by atoms with van der Waals surface area (Å²) in [6.45, 7) is 0. The summed E-state index contributed by atoms with van der Waals surface area (Å²) in [6.07, 6.45) is 0.918. The highest BCUT2D eigenvalue weighted by Crippen LogP contribution is 2.28. The van der Waals surface area contributed by atoms with Crippen molar-refractivity contribution in [1.29, 1.82) is 0 Å². The summed E-state index contributed by atoms with van der Waals surface area (Å²) in [6, 6.07) is 4.56. The van der Waals surface area contributed by atoms with Gasteiger partial charge in [0.25, 0.3) is 10.0 Å². The SMILES string of the molecule is O=S(=O)(Nc1cc(F)c(F)cc1F)c1c[nH]c(-c2c(F)cccc2F)c1. The van der Waals surface area contributed by atoms with Crippen molar-refractivity contribution in [1.82, 2.24) is 4.98 Å². The maximum Gasteiger partial charge on any atom is 0.263 e. The number of sulfonamides is 1. The number of H-pyrrole nitrogens is 1. The van der Waals surface area contributed by atoms with Crippen LogP contribution in [0.25, 0.3) is 11.3 Å². The third-order valence-electron chi connectivity index (χ3n) is 3.45. The Morgan fingerprint density at radius 1 is 0.808 bits per heavy atom. The van der Waals surface area contributed by atoms with E-state index in [1.165, 1.54) is 0 Å². The van der Waals surface area contributed by atoms with E-state index in [0.717, 1.165) is 30.5 Å². The molecule has 0 aliphatic heterocycles. The largest absolute Gasteiger partial charge is 0.360 e. The van der Waals surface area contributed by atoms with E-state index in [2.05, 4.69) is 4.98 Å². The van der Waals surface area contributed by atoms with Crippen LogP contribution in [0.2, 0.25) is 0 Å². The van der Waals surface area contributed by atoms with Crippen LogP contribution < -0.4 is 4.72 Å². The van der Waals surface area contributed by atoms with Crippen LogP contribution >= 0.6 is 0 Å². The molecular weight excluding hydrogens is 379 g/mol. The van der Waals surface area contributed by atoms with Crippen molar-refractivity contribution in [2.75, 3.05) is 4.72 Å². The Labute approximate surface area is 144 Å². The van der Waals surface area contributed by atoms with Gasteiger partial charge in [-0.2, -0.15) is 0 Å². The Kier molecular flexibility index (Phi) is 4.45. The minimum Gasteiger partial charge on any atom is -0.360 e. The quantitative estimate of drug-likeness (QED) is 0.520. The number of rotatable bonds is 4. The summed E-state index contributed by atoms with van der Waals surface area (Å²) in [5.74, 6) is -6.11. The average molecular weight is 388 g/mol. The number of aromatic amines is 1. The third kappa shape index (κ3) is 3.27. The molecule has 26 heavy (non-hydrogen) atoms. The summed E-state index contributed by atoms with van der Waals surface area (Å²) >= 11 is 0. The van der Waals surface area contributed by atoms with Gasteiger partial charge in [0.1, 0.15) is 22.3 Å². The van der Waals surface area contributed by atoms with Crippen LogP contribution in [0.15, 0.2) is 47.5 Å². The lowest BCUT2D eigenvalue weighted by molar-refractivity contribution is 0.496. The summed E-state index contributed by atoms with van der Waals surface area (Å²) in [5.41, 5.74) is -1.47. The Balaban J connectivity index is 1.97. The highest BCUT2D eigenvalue weighted by molar-refractivity contribution is 7.92. The van der Waals surface area contributed by atoms with Gasteiger partial charge in [0.05, 0.1) is 16.9 Å². The number of halogens is 5. The molecule has 0 bridgehead atoms. The molecule has 2 N–H and O–H groups in total. The van der Waals surface area contributed by atoms with Crippen molar-refractivity contribution in [2.24, 2.45) is 0 Å². The van der Waals surface area contributed by atoms with Gasteiger partial charge in [-0.05, 0) is 18.2 Å². The first-order valence-electron chi connectivity index (χ1n) is 6.99. The van der Waals surface area contributed by atoms with Gasteiger partial charge >= 0.3 is 0 Å². The molecule has 3 aromatic rings. The first kappa shape index (κ1) is 17.9. The van der Waals surface area contributed by atoms with E-state index in [1.54, 1.807) is 4.72 Å². The predicted octanol–water partition coefficient (Wildman–Crippen LogP) is 4.18. The molecule has 2 aromatic carbocycles. The van der Waals surface area contributed by atoms with Gasteiger partial charge in [0.2, 0.25) is 0 Å². The van der Waals surface area contributed by atoms with E-state index in [4.69, 9.17) is 0 Å². The molecular formula is C16H9F5N2O2S. The molecule has 0 atom stereocenters. The number of anilines is 1. The normalized spacial score (nSPS) is 11.6.